The van der Waals surface area contributed by atoms with Gasteiger partial charge in [-0.25, -0.2) is 0 Å². The van der Waals surface area contributed by atoms with Crippen molar-refractivity contribution in [3.63, 3.8) is 0 Å². The number of hydrogen-bond acceptors (Lipinski definition) is 4. The fourth-order valence-corrected chi connectivity index (χ4v) is 3.81. The normalized spacial score (nSPS) is 16.3. The number of aromatic nitrogens is 1. The minimum absolute atomic E-state index is 0.193. The maximum absolute atomic E-state index is 12.7. The van der Waals surface area contributed by atoms with Crippen LogP contribution in [0.15, 0.2) is 18.2 Å². The van der Waals surface area contributed by atoms with Gasteiger partial charge in [0.25, 0.3) is 0 Å². The van der Waals surface area contributed by atoms with Crippen molar-refractivity contribution in [2.45, 2.75) is 6.92 Å². The van der Waals surface area contributed by atoms with E-state index in [0.717, 1.165) is 52.5 Å². The lowest BCUT2D eigenvalue weighted by atomic mass is 10.1. The molecular weight excluding hydrogens is 284 g/mol. The number of benzene rings is 1. The fourth-order valence-electron chi connectivity index (χ4n) is 2.83. The Labute approximate surface area is 128 Å². The molecule has 1 aromatic heterocycles. The number of aromatic amines is 1. The van der Waals surface area contributed by atoms with Crippen LogP contribution in [0.1, 0.15) is 16.1 Å². The number of rotatable bonds is 4. The monoisotopic (exact) mass is 304 g/mol. The van der Waals surface area contributed by atoms with Gasteiger partial charge in [0.15, 0.2) is 5.78 Å². The first kappa shape index (κ1) is 14.5. The highest BCUT2D eigenvalue weighted by Crippen LogP contribution is 2.27. The van der Waals surface area contributed by atoms with E-state index >= 15 is 0 Å². The van der Waals surface area contributed by atoms with Crippen LogP contribution in [-0.4, -0.2) is 53.9 Å². The first-order chi connectivity index (χ1) is 10.2. The van der Waals surface area contributed by atoms with E-state index in [9.17, 15) is 4.79 Å². The summed E-state index contributed by atoms with van der Waals surface area (Å²) in [6.45, 7) is 4.47. The summed E-state index contributed by atoms with van der Waals surface area (Å²) in [7, 11) is 1.65. The van der Waals surface area contributed by atoms with Gasteiger partial charge >= 0.3 is 0 Å². The Kier molecular flexibility index (Phi) is 4.22. The number of carbonyl (C=O) groups is 1. The molecular formula is C16H20N2O2S. The van der Waals surface area contributed by atoms with Gasteiger partial charge in [-0.15, -0.1) is 0 Å². The van der Waals surface area contributed by atoms with E-state index in [0.29, 0.717) is 6.54 Å². The predicted molar refractivity (Wildman–Crippen MR) is 87.7 cm³/mol. The minimum atomic E-state index is 0.193. The van der Waals surface area contributed by atoms with E-state index < -0.39 is 0 Å². The topological polar surface area (TPSA) is 45.3 Å². The summed E-state index contributed by atoms with van der Waals surface area (Å²) in [5.41, 5.74) is 2.74. The molecule has 0 radical (unpaired) electrons. The van der Waals surface area contributed by atoms with Gasteiger partial charge in [0.05, 0.1) is 13.7 Å². The summed E-state index contributed by atoms with van der Waals surface area (Å²) in [5, 5.41) is 0.961. The number of methoxy groups -OCH3 is 1. The van der Waals surface area contributed by atoms with E-state index in [4.69, 9.17) is 4.74 Å². The van der Waals surface area contributed by atoms with Crippen LogP contribution in [0.5, 0.6) is 5.75 Å². The Morgan fingerprint density at radius 3 is 2.86 bits per heavy atom. The summed E-state index contributed by atoms with van der Waals surface area (Å²) in [6, 6.07) is 5.82. The number of nitrogens with zero attached hydrogens (tertiary/aromatic N) is 1. The molecule has 0 atom stereocenters. The van der Waals surface area contributed by atoms with Crippen LogP contribution in [0.25, 0.3) is 10.9 Å². The zero-order chi connectivity index (χ0) is 14.8. The number of ketones is 1. The van der Waals surface area contributed by atoms with Gasteiger partial charge in [-0.05, 0) is 25.1 Å². The minimum Gasteiger partial charge on any atom is -0.497 e. The van der Waals surface area contributed by atoms with Crippen molar-refractivity contribution < 1.29 is 9.53 Å². The summed E-state index contributed by atoms with van der Waals surface area (Å²) in [4.78, 5) is 18.2. The van der Waals surface area contributed by atoms with Gasteiger partial charge in [-0.2, -0.15) is 11.8 Å². The smallest absolute Gasteiger partial charge is 0.179 e. The first-order valence-corrected chi connectivity index (χ1v) is 8.34. The summed E-state index contributed by atoms with van der Waals surface area (Å²) in [6.07, 6.45) is 0. The van der Waals surface area contributed by atoms with Crippen LogP contribution in [0.2, 0.25) is 0 Å². The van der Waals surface area contributed by atoms with Crippen molar-refractivity contribution in [2.75, 3.05) is 38.2 Å². The fraction of sp³-hybridized carbons (Fsp3) is 0.438. The molecule has 0 aliphatic carbocycles. The first-order valence-electron chi connectivity index (χ1n) is 7.18. The molecule has 1 aliphatic heterocycles. The number of Topliss-reactive ketones (excluding diaryl/α,β-unsaturated/α-hetero) is 1. The second-order valence-corrected chi connectivity index (χ2v) is 6.57. The molecule has 112 valence electrons. The van der Waals surface area contributed by atoms with Gasteiger partial charge in [-0.3, -0.25) is 9.69 Å². The number of hydrogen-bond donors (Lipinski definition) is 1. The maximum Gasteiger partial charge on any atom is 0.179 e. The van der Waals surface area contributed by atoms with Gasteiger partial charge < -0.3 is 9.72 Å². The van der Waals surface area contributed by atoms with E-state index in [1.807, 2.05) is 36.9 Å². The molecule has 0 spiro atoms. The van der Waals surface area contributed by atoms with Crippen molar-refractivity contribution in [3.05, 3.63) is 29.5 Å². The standard InChI is InChI=1S/C16H20N2O2S/c1-11-16(15(19)10-18-5-7-21-8-6-18)13-9-12(20-2)3-4-14(13)17-11/h3-4,9,17H,5-8,10H2,1-2H3. The SMILES string of the molecule is COc1ccc2[nH]c(C)c(C(=O)CN3CCSCC3)c2c1. The molecule has 0 bridgehead atoms. The second-order valence-electron chi connectivity index (χ2n) is 5.35. The molecule has 0 saturated carbocycles. The molecule has 1 saturated heterocycles. The van der Waals surface area contributed by atoms with Crippen molar-refractivity contribution in [3.8, 4) is 5.75 Å². The third-order valence-corrected chi connectivity index (χ3v) is 4.89. The van der Waals surface area contributed by atoms with Crippen LogP contribution in [0.3, 0.4) is 0 Å². The Morgan fingerprint density at radius 2 is 2.14 bits per heavy atom. The largest absolute Gasteiger partial charge is 0.497 e. The lowest BCUT2D eigenvalue weighted by molar-refractivity contribution is 0.0938. The average molecular weight is 304 g/mol. The van der Waals surface area contributed by atoms with Crippen LogP contribution in [-0.2, 0) is 0 Å². The van der Waals surface area contributed by atoms with E-state index in [1.165, 1.54) is 0 Å². The van der Waals surface area contributed by atoms with Crippen molar-refractivity contribution in [1.29, 1.82) is 0 Å². The Bertz CT molecular complexity index is 660. The molecule has 0 unspecified atom stereocenters. The number of aryl methyl sites for hydroxylation is 1. The average Bonchev–Trinajstić information content (AvgIpc) is 2.83. The molecule has 1 aromatic carbocycles. The van der Waals surface area contributed by atoms with Crippen LogP contribution in [0.4, 0.5) is 0 Å². The molecule has 0 amide bonds. The third-order valence-electron chi connectivity index (χ3n) is 3.94. The predicted octanol–water partition coefficient (Wildman–Crippen LogP) is 2.72. The molecule has 21 heavy (non-hydrogen) atoms. The van der Waals surface area contributed by atoms with Crippen LogP contribution < -0.4 is 4.74 Å². The van der Waals surface area contributed by atoms with E-state index in [1.54, 1.807) is 7.11 Å². The highest BCUT2D eigenvalue weighted by atomic mass is 32.2. The zero-order valence-electron chi connectivity index (χ0n) is 12.4. The Balaban J connectivity index is 1.90. The molecule has 2 heterocycles. The van der Waals surface area contributed by atoms with E-state index in [2.05, 4.69) is 9.88 Å². The number of ether oxygens (including phenoxy) is 1. The molecule has 1 aliphatic rings. The Morgan fingerprint density at radius 1 is 1.38 bits per heavy atom. The summed E-state index contributed by atoms with van der Waals surface area (Å²) in [5.74, 6) is 3.21. The quantitative estimate of drug-likeness (QED) is 0.882. The number of carbonyl (C=O) groups excluding carboxylic acids is 1. The van der Waals surface area contributed by atoms with Crippen LogP contribution >= 0.6 is 11.8 Å². The second kappa shape index (κ2) is 6.12. The van der Waals surface area contributed by atoms with Crippen molar-refractivity contribution in [1.82, 2.24) is 9.88 Å². The highest BCUT2D eigenvalue weighted by Gasteiger charge is 2.20. The van der Waals surface area contributed by atoms with Crippen LogP contribution in [0, 0.1) is 6.92 Å². The van der Waals surface area contributed by atoms with Crippen molar-refractivity contribution >= 4 is 28.4 Å². The summed E-state index contributed by atoms with van der Waals surface area (Å²) < 4.78 is 5.28. The maximum atomic E-state index is 12.7. The highest BCUT2D eigenvalue weighted by molar-refractivity contribution is 7.99. The zero-order valence-corrected chi connectivity index (χ0v) is 13.3. The number of thioether (sulfide) groups is 1. The molecule has 1 N–H and O–H groups in total. The molecule has 1 fully saturated rings. The van der Waals surface area contributed by atoms with Gasteiger partial charge in [0.1, 0.15) is 5.75 Å². The molecule has 2 aromatic rings. The number of nitrogens with one attached hydrogen (secondary N) is 1. The number of fused-ring (bicyclic) bond motifs is 1. The van der Waals surface area contributed by atoms with E-state index in [-0.39, 0.29) is 5.78 Å². The van der Waals surface area contributed by atoms with Crippen molar-refractivity contribution in [2.24, 2.45) is 0 Å². The van der Waals surface area contributed by atoms with Gasteiger partial charge in [-0.1, -0.05) is 0 Å². The molecule has 5 heteroatoms. The molecule has 3 rings (SSSR count). The summed E-state index contributed by atoms with van der Waals surface area (Å²) >= 11 is 1.96. The third kappa shape index (κ3) is 2.94. The lowest BCUT2D eigenvalue weighted by Crippen LogP contribution is -2.36. The molecule has 4 nitrogen and oxygen atoms in total. The lowest BCUT2D eigenvalue weighted by Gasteiger charge is -2.25. The van der Waals surface area contributed by atoms with Gasteiger partial charge in [0, 0.05) is 46.8 Å². The number of H-pyrrole nitrogens is 1. The Hall–Kier alpha value is -1.46. The van der Waals surface area contributed by atoms with Gasteiger partial charge in [0.2, 0.25) is 0 Å².